The second-order valence-corrected chi connectivity index (χ2v) is 5.37. The van der Waals surface area contributed by atoms with Crippen LogP contribution in [0, 0.1) is 6.92 Å². The van der Waals surface area contributed by atoms with E-state index in [0.29, 0.717) is 5.69 Å². The lowest BCUT2D eigenvalue weighted by Crippen LogP contribution is -2.31. The Hall–Kier alpha value is -2.37. The summed E-state index contributed by atoms with van der Waals surface area (Å²) in [6.07, 6.45) is 0. The van der Waals surface area contributed by atoms with Crippen LogP contribution in [0.25, 0.3) is 0 Å². The quantitative estimate of drug-likeness (QED) is 0.833. The first kappa shape index (κ1) is 17.0. The molecule has 6 heteroatoms. The highest BCUT2D eigenvalue weighted by Crippen LogP contribution is 2.25. The van der Waals surface area contributed by atoms with E-state index in [0.717, 1.165) is 15.9 Å². The molecule has 0 aliphatic carbocycles. The minimum absolute atomic E-state index is 0.0136. The summed E-state index contributed by atoms with van der Waals surface area (Å²) in [4.78, 5) is 14.0. The van der Waals surface area contributed by atoms with Gasteiger partial charge in [0.2, 0.25) is 0 Å². The lowest BCUT2D eigenvalue weighted by molar-refractivity contribution is 0.0545. The summed E-state index contributed by atoms with van der Waals surface area (Å²) in [7, 11) is 3.18. The van der Waals surface area contributed by atoms with Gasteiger partial charge in [-0.2, -0.15) is 8.78 Å². The van der Waals surface area contributed by atoms with E-state index >= 15 is 0 Å². The van der Waals surface area contributed by atoms with Crippen LogP contribution in [-0.2, 0) is 0 Å². The highest BCUT2D eigenvalue weighted by Gasteiger charge is 2.25. The fourth-order valence-corrected chi connectivity index (χ4v) is 2.45. The van der Waals surface area contributed by atoms with Crippen LogP contribution in [0.4, 0.5) is 8.78 Å². The van der Waals surface area contributed by atoms with Gasteiger partial charge in [-0.25, -0.2) is 0 Å². The van der Waals surface area contributed by atoms with Gasteiger partial charge in [-0.1, -0.05) is 12.1 Å². The fourth-order valence-electron chi connectivity index (χ4n) is 2.45. The molecule has 1 amide bonds. The fraction of sp³-hybridized carbons (Fsp3) is 0.353. The van der Waals surface area contributed by atoms with Gasteiger partial charge in [-0.05, 0) is 43.7 Å². The van der Waals surface area contributed by atoms with Gasteiger partial charge in [0.1, 0.15) is 11.4 Å². The predicted molar refractivity (Wildman–Crippen MR) is 83.9 cm³/mol. The Labute approximate surface area is 134 Å². The van der Waals surface area contributed by atoms with E-state index in [1.807, 2.05) is 19.1 Å². The Balaban J connectivity index is 2.25. The number of aryl methyl sites for hydroxylation is 1. The molecule has 0 fully saturated rings. The van der Waals surface area contributed by atoms with E-state index in [1.165, 1.54) is 17.0 Å². The van der Waals surface area contributed by atoms with Gasteiger partial charge in [0.15, 0.2) is 0 Å². The number of benzene rings is 1. The van der Waals surface area contributed by atoms with Gasteiger partial charge in [-0.15, -0.1) is 0 Å². The average molecular weight is 322 g/mol. The molecule has 124 valence electrons. The lowest BCUT2D eigenvalue weighted by atomic mass is 10.1. The van der Waals surface area contributed by atoms with Crippen LogP contribution in [0.2, 0.25) is 0 Å². The number of halogens is 2. The highest BCUT2D eigenvalue weighted by molar-refractivity contribution is 5.93. The van der Waals surface area contributed by atoms with Crippen molar-refractivity contribution in [3.63, 3.8) is 0 Å². The van der Waals surface area contributed by atoms with E-state index in [4.69, 9.17) is 4.74 Å². The van der Waals surface area contributed by atoms with Crippen molar-refractivity contribution in [2.24, 2.45) is 0 Å². The Morgan fingerprint density at radius 2 is 1.78 bits per heavy atom. The molecule has 0 spiro atoms. The lowest BCUT2D eigenvalue weighted by Gasteiger charge is -2.26. The standard InChI is InChI=1S/C17H20F2N2O2/c1-11-5-10-15(21(11)17(18)19)16(22)20(3)12(2)13-6-8-14(23-4)9-7-13/h5-10,12,17H,1-4H3. The zero-order chi connectivity index (χ0) is 17.1. The average Bonchev–Trinajstić information content (AvgIpc) is 2.94. The molecule has 0 radical (unpaired) electrons. The van der Waals surface area contributed by atoms with Crippen LogP contribution in [0.15, 0.2) is 36.4 Å². The van der Waals surface area contributed by atoms with Crippen molar-refractivity contribution in [3.8, 4) is 5.75 Å². The first-order chi connectivity index (χ1) is 10.9. The summed E-state index contributed by atoms with van der Waals surface area (Å²) in [5.41, 5.74) is 1.24. The minimum atomic E-state index is -2.74. The molecule has 0 N–H and O–H groups in total. The molecule has 0 aliphatic heterocycles. The van der Waals surface area contributed by atoms with Crippen LogP contribution in [0.3, 0.4) is 0 Å². The Kier molecular flexibility index (Phi) is 5.03. The summed E-state index contributed by atoms with van der Waals surface area (Å²) < 4.78 is 32.1. The van der Waals surface area contributed by atoms with E-state index in [9.17, 15) is 13.6 Å². The van der Waals surface area contributed by atoms with Crippen LogP contribution in [0.5, 0.6) is 5.75 Å². The molecular weight excluding hydrogens is 302 g/mol. The van der Waals surface area contributed by atoms with Crippen molar-refractivity contribution in [1.82, 2.24) is 9.47 Å². The minimum Gasteiger partial charge on any atom is -0.497 e. The number of nitrogens with zero attached hydrogens (tertiary/aromatic N) is 2. The van der Waals surface area contributed by atoms with Gasteiger partial charge in [0.05, 0.1) is 13.2 Å². The summed E-state index contributed by atoms with van der Waals surface area (Å²) >= 11 is 0. The molecule has 0 saturated heterocycles. The summed E-state index contributed by atoms with van der Waals surface area (Å²) in [5, 5.41) is 0. The topological polar surface area (TPSA) is 34.5 Å². The Bertz CT molecular complexity index is 680. The highest BCUT2D eigenvalue weighted by atomic mass is 19.3. The maximum atomic E-state index is 13.1. The molecule has 0 saturated carbocycles. The summed E-state index contributed by atoms with van der Waals surface area (Å²) in [5.74, 6) is 0.277. The number of alkyl halides is 2. The van der Waals surface area contributed by atoms with Gasteiger partial charge in [0, 0.05) is 12.7 Å². The first-order valence-corrected chi connectivity index (χ1v) is 7.24. The normalized spacial score (nSPS) is 12.3. The monoisotopic (exact) mass is 322 g/mol. The SMILES string of the molecule is COc1ccc(C(C)N(C)C(=O)c2ccc(C)n2C(F)F)cc1. The predicted octanol–water partition coefficient (Wildman–Crippen LogP) is 4.03. The molecule has 2 rings (SSSR count). The number of hydrogen-bond donors (Lipinski definition) is 0. The molecule has 4 nitrogen and oxygen atoms in total. The molecule has 1 atom stereocenters. The molecule has 0 aliphatic rings. The van der Waals surface area contributed by atoms with Crippen LogP contribution < -0.4 is 4.74 Å². The van der Waals surface area contributed by atoms with Crippen molar-refractivity contribution in [2.45, 2.75) is 26.4 Å². The van der Waals surface area contributed by atoms with Gasteiger partial charge < -0.3 is 9.64 Å². The zero-order valence-corrected chi connectivity index (χ0v) is 13.6. The van der Waals surface area contributed by atoms with E-state index in [-0.39, 0.29) is 11.7 Å². The Morgan fingerprint density at radius 1 is 1.17 bits per heavy atom. The van der Waals surface area contributed by atoms with Gasteiger partial charge in [-0.3, -0.25) is 9.36 Å². The van der Waals surface area contributed by atoms with Crippen molar-refractivity contribution >= 4 is 5.91 Å². The second kappa shape index (κ2) is 6.81. The molecule has 1 heterocycles. The van der Waals surface area contributed by atoms with Crippen molar-refractivity contribution < 1.29 is 18.3 Å². The van der Waals surface area contributed by atoms with Crippen molar-refractivity contribution in [3.05, 3.63) is 53.3 Å². The third kappa shape index (κ3) is 3.36. The molecule has 2 aromatic rings. The molecular formula is C17H20F2N2O2. The molecule has 23 heavy (non-hydrogen) atoms. The van der Waals surface area contributed by atoms with Gasteiger partial charge in [0.25, 0.3) is 5.91 Å². The molecule has 0 bridgehead atoms. The van der Waals surface area contributed by atoms with Gasteiger partial charge >= 0.3 is 6.55 Å². The van der Waals surface area contributed by atoms with Crippen molar-refractivity contribution in [1.29, 1.82) is 0 Å². The number of amides is 1. The molecule has 1 unspecified atom stereocenters. The number of carbonyl (C=O) groups excluding carboxylic acids is 1. The molecule has 1 aromatic carbocycles. The maximum Gasteiger partial charge on any atom is 0.319 e. The number of methoxy groups -OCH3 is 1. The van der Waals surface area contributed by atoms with Crippen molar-refractivity contribution in [2.75, 3.05) is 14.2 Å². The summed E-state index contributed by atoms with van der Waals surface area (Å²) in [6, 6.07) is 10.0. The number of hydrogen-bond acceptors (Lipinski definition) is 2. The number of ether oxygens (including phenoxy) is 1. The van der Waals surface area contributed by atoms with E-state index in [2.05, 4.69) is 0 Å². The Morgan fingerprint density at radius 3 is 2.30 bits per heavy atom. The third-order valence-electron chi connectivity index (χ3n) is 4.04. The number of aromatic nitrogens is 1. The smallest absolute Gasteiger partial charge is 0.319 e. The largest absolute Gasteiger partial charge is 0.497 e. The zero-order valence-electron chi connectivity index (χ0n) is 13.6. The van der Waals surface area contributed by atoms with Crippen LogP contribution in [-0.4, -0.2) is 29.5 Å². The maximum absolute atomic E-state index is 13.1. The number of carbonyl (C=O) groups is 1. The van der Waals surface area contributed by atoms with E-state index in [1.54, 1.807) is 33.2 Å². The first-order valence-electron chi connectivity index (χ1n) is 7.24. The third-order valence-corrected chi connectivity index (χ3v) is 4.04. The second-order valence-electron chi connectivity index (χ2n) is 5.37. The van der Waals surface area contributed by atoms with E-state index < -0.39 is 12.5 Å². The van der Waals surface area contributed by atoms with Crippen LogP contribution >= 0.6 is 0 Å². The summed E-state index contributed by atoms with van der Waals surface area (Å²) in [6.45, 7) is 0.659. The number of rotatable bonds is 5. The molecule has 1 aromatic heterocycles. The van der Waals surface area contributed by atoms with Crippen LogP contribution in [0.1, 0.15) is 41.3 Å².